The summed E-state index contributed by atoms with van der Waals surface area (Å²) in [5.41, 5.74) is 0. The van der Waals surface area contributed by atoms with Gasteiger partial charge in [-0.05, 0) is 44.9 Å². The van der Waals surface area contributed by atoms with Crippen molar-refractivity contribution in [2.75, 3.05) is 13.2 Å². The van der Waals surface area contributed by atoms with E-state index in [1.54, 1.807) is 0 Å². The third-order valence-corrected chi connectivity index (χ3v) is 5.17. The molecule has 0 saturated heterocycles. The quantitative estimate of drug-likeness (QED) is 0.111. The summed E-state index contributed by atoms with van der Waals surface area (Å²) < 4.78 is 4.88. The van der Waals surface area contributed by atoms with Crippen LogP contribution in [0.3, 0.4) is 0 Å². The van der Waals surface area contributed by atoms with Crippen molar-refractivity contribution in [1.29, 1.82) is 0 Å². The molecular weight excluding hydrogens is 388 g/mol. The van der Waals surface area contributed by atoms with Crippen molar-refractivity contribution >= 4 is 5.97 Å². The maximum absolute atomic E-state index is 11.4. The Kier molecular flexibility index (Phi) is 23.8. The van der Waals surface area contributed by atoms with E-state index in [2.05, 4.69) is 43.4 Å². The van der Waals surface area contributed by atoms with Crippen LogP contribution in [0.2, 0.25) is 0 Å². The SMILES string of the molecule is CCCCC/C=C\C/C=C\C/C=C\CCCCCCCCCCC(=O)OCC(O)CO. The highest BCUT2D eigenvalue weighted by Crippen LogP contribution is 2.11. The van der Waals surface area contributed by atoms with E-state index in [1.165, 1.54) is 64.2 Å². The molecule has 1 unspecified atom stereocenters. The van der Waals surface area contributed by atoms with Crippen molar-refractivity contribution < 1.29 is 19.7 Å². The summed E-state index contributed by atoms with van der Waals surface area (Å²) in [6.45, 7) is 1.75. The van der Waals surface area contributed by atoms with Crippen molar-refractivity contribution in [3.05, 3.63) is 36.5 Å². The molecule has 31 heavy (non-hydrogen) atoms. The molecule has 0 heterocycles. The Morgan fingerprint density at radius 3 is 1.77 bits per heavy atom. The molecule has 0 aromatic heterocycles. The lowest BCUT2D eigenvalue weighted by Gasteiger charge is -2.08. The van der Waals surface area contributed by atoms with Crippen molar-refractivity contribution in [2.45, 2.75) is 116 Å². The molecule has 4 heteroatoms. The molecule has 0 fully saturated rings. The number of rotatable bonds is 22. The molecule has 4 nitrogen and oxygen atoms in total. The third-order valence-electron chi connectivity index (χ3n) is 5.17. The number of carbonyl (C=O) groups excluding carboxylic acids is 1. The van der Waals surface area contributed by atoms with Gasteiger partial charge in [-0.15, -0.1) is 0 Å². The fourth-order valence-electron chi connectivity index (χ4n) is 3.20. The zero-order chi connectivity index (χ0) is 22.8. The summed E-state index contributed by atoms with van der Waals surface area (Å²) in [7, 11) is 0. The number of unbranched alkanes of at least 4 members (excludes halogenated alkanes) is 11. The number of hydrogen-bond acceptors (Lipinski definition) is 4. The fraction of sp³-hybridized carbons (Fsp3) is 0.741. The van der Waals surface area contributed by atoms with E-state index in [1.807, 2.05) is 0 Å². The van der Waals surface area contributed by atoms with Gasteiger partial charge in [0.05, 0.1) is 6.61 Å². The van der Waals surface area contributed by atoms with Crippen LogP contribution in [-0.4, -0.2) is 35.5 Å². The van der Waals surface area contributed by atoms with Crippen LogP contribution in [0.1, 0.15) is 110 Å². The molecule has 0 aliphatic carbocycles. The number of hydrogen-bond donors (Lipinski definition) is 2. The van der Waals surface area contributed by atoms with Crippen LogP contribution in [0.5, 0.6) is 0 Å². The molecule has 0 saturated carbocycles. The molecule has 1 atom stereocenters. The van der Waals surface area contributed by atoms with Gasteiger partial charge < -0.3 is 14.9 Å². The first-order valence-corrected chi connectivity index (χ1v) is 12.6. The Bertz CT molecular complexity index is 468. The number of esters is 1. The first-order chi connectivity index (χ1) is 15.2. The number of carbonyl (C=O) groups is 1. The summed E-state index contributed by atoms with van der Waals surface area (Å²) in [5, 5.41) is 17.8. The summed E-state index contributed by atoms with van der Waals surface area (Å²) in [6, 6.07) is 0. The van der Waals surface area contributed by atoms with Crippen molar-refractivity contribution in [2.24, 2.45) is 0 Å². The second-order valence-electron chi connectivity index (χ2n) is 8.27. The Labute approximate surface area is 191 Å². The number of aliphatic hydroxyl groups is 2. The van der Waals surface area contributed by atoms with Gasteiger partial charge in [-0.25, -0.2) is 0 Å². The van der Waals surface area contributed by atoms with Crippen molar-refractivity contribution in [3.63, 3.8) is 0 Å². The predicted octanol–water partition coefficient (Wildman–Crippen LogP) is 6.81. The lowest BCUT2D eigenvalue weighted by molar-refractivity contribution is -0.147. The summed E-state index contributed by atoms with van der Waals surface area (Å²) in [4.78, 5) is 11.4. The molecule has 0 spiro atoms. The highest BCUT2D eigenvalue weighted by molar-refractivity contribution is 5.69. The molecule has 0 radical (unpaired) electrons. The second-order valence-corrected chi connectivity index (χ2v) is 8.27. The topological polar surface area (TPSA) is 66.8 Å². The van der Waals surface area contributed by atoms with Gasteiger partial charge in [-0.1, -0.05) is 94.7 Å². The molecule has 0 aromatic rings. The normalized spacial score (nSPS) is 13.0. The highest BCUT2D eigenvalue weighted by Gasteiger charge is 2.07. The standard InChI is InChI=1S/C27H48O4/c1-2-3-4-5-6-7-8-9-10-11-12-13-14-15-16-17-18-19-20-21-22-23-27(30)31-25-26(29)24-28/h6-7,9-10,12-13,26,28-29H,2-5,8,11,14-25H2,1H3/b7-6-,10-9-,13-12-. The minimum absolute atomic E-state index is 0.113. The van der Waals surface area contributed by atoms with Gasteiger partial charge in [0.2, 0.25) is 0 Å². The second kappa shape index (κ2) is 24.9. The van der Waals surface area contributed by atoms with E-state index in [-0.39, 0.29) is 19.2 Å². The summed E-state index contributed by atoms with van der Waals surface area (Å²) in [5.74, 6) is -0.286. The van der Waals surface area contributed by atoms with Gasteiger partial charge in [0.15, 0.2) is 0 Å². The molecule has 0 aliphatic rings. The number of aliphatic hydroxyl groups excluding tert-OH is 2. The van der Waals surface area contributed by atoms with Crippen LogP contribution in [0.4, 0.5) is 0 Å². The van der Waals surface area contributed by atoms with Crippen LogP contribution in [0, 0.1) is 0 Å². The lowest BCUT2D eigenvalue weighted by Crippen LogP contribution is -2.21. The average molecular weight is 437 g/mol. The van der Waals surface area contributed by atoms with E-state index in [0.717, 1.165) is 32.1 Å². The smallest absolute Gasteiger partial charge is 0.305 e. The number of allylic oxidation sites excluding steroid dienone is 6. The summed E-state index contributed by atoms with van der Waals surface area (Å²) >= 11 is 0. The molecule has 0 aliphatic heterocycles. The molecule has 180 valence electrons. The zero-order valence-corrected chi connectivity index (χ0v) is 20.0. The first kappa shape index (κ1) is 29.6. The Morgan fingerprint density at radius 2 is 1.23 bits per heavy atom. The van der Waals surface area contributed by atoms with E-state index >= 15 is 0 Å². The molecule has 0 amide bonds. The van der Waals surface area contributed by atoms with Gasteiger partial charge in [0.25, 0.3) is 0 Å². The number of ether oxygens (including phenoxy) is 1. The van der Waals surface area contributed by atoms with Gasteiger partial charge in [0.1, 0.15) is 12.7 Å². The Balaban J connectivity index is 3.30. The van der Waals surface area contributed by atoms with E-state index < -0.39 is 6.10 Å². The van der Waals surface area contributed by atoms with Crippen LogP contribution < -0.4 is 0 Å². The minimum atomic E-state index is -0.964. The maximum atomic E-state index is 11.4. The highest BCUT2D eigenvalue weighted by atomic mass is 16.5. The minimum Gasteiger partial charge on any atom is -0.463 e. The van der Waals surface area contributed by atoms with Gasteiger partial charge in [0, 0.05) is 6.42 Å². The molecule has 0 bridgehead atoms. The van der Waals surface area contributed by atoms with Crippen LogP contribution in [0.25, 0.3) is 0 Å². The zero-order valence-electron chi connectivity index (χ0n) is 20.0. The molecular formula is C27H48O4. The van der Waals surface area contributed by atoms with Crippen molar-refractivity contribution in [1.82, 2.24) is 0 Å². The fourth-order valence-corrected chi connectivity index (χ4v) is 3.20. The average Bonchev–Trinajstić information content (AvgIpc) is 2.78. The van der Waals surface area contributed by atoms with Crippen molar-refractivity contribution in [3.8, 4) is 0 Å². The van der Waals surface area contributed by atoms with E-state index in [4.69, 9.17) is 14.9 Å². The maximum Gasteiger partial charge on any atom is 0.305 e. The van der Waals surface area contributed by atoms with E-state index in [0.29, 0.717) is 6.42 Å². The Hall–Kier alpha value is -1.39. The van der Waals surface area contributed by atoms with Gasteiger partial charge in [-0.2, -0.15) is 0 Å². The van der Waals surface area contributed by atoms with Crippen LogP contribution in [-0.2, 0) is 9.53 Å². The molecule has 0 aromatic carbocycles. The predicted molar refractivity (Wildman–Crippen MR) is 131 cm³/mol. The first-order valence-electron chi connectivity index (χ1n) is 12.6. The summed E-state index contributed by atoms with van der Waals surface area (Å²) in [6.07, 6.45) is 30.9. The van der Waals surface area contributed by atoms with Crippen LogP contribution >= 0.6 is 0 Å². The molecule has 0 rings (SSSR count). The lowest BCUT2D eigenvalue weighted by atomic mass is 10.1. The monoisotopic (exact) mass is 436 g/mol. The van der Waals surface area contributed by atoms with Crippen LogP contribution in [0.15, 0.2) is 36.5 Å². The Morgan fingerprint density at radius 1 is 0.742 bits per heavy atom. The van der Waals surface area contributed by atoms with E-state index in [9.17, 15) is 4.79 Å². The van der Waals surface area contributed by atoms with Gasteiger partial charge in [-0.3, -0.25) is 4.79 Å². The molecule has 2 N–H and O–H groups in total. The largest absolute Gasteiger partial charge is 0.463 e. The van der Waals surface area contributed by atoms with Gasteiger partial charge >= 0.3 is 5.97 Å². The third kappa shape index (κ3) is 24.7.